The Labute approximate surface area is 205 Å². The summed E-state index contributed by atoms with van der Waals surface area (Å²) in [5, 5.41) is 3.14. The standard InChI is InChI=1S/C27H33N5O3/c1-5-22(33)32-12-19(11-16(32)3)31-27(34)23-17(4)30-26-24(28-14-29-25(23)26)20-10-15(2)6-9-21(20)35-13-18-7-8-18/h6,9-10,14,16,18-19,30H,5,7-8,11-13H2,1-4H3,(H,31,34)/t16-,19+/m1/s1. The molecule has 1 aliphatic carbocycles. The molecular weight excluding hydrogens is 442 g/mol. The van der Waals surface area contributed by atoms with Crippen molar-refractivity contribution in [2.24, 2.45) is 5.92 Å². The molecule has 0 radical (unpaired) electrons. The van der Waals surface area contributed by atoms with Crippen LogP contribution in [0.5, 0.6) is 5.75 Å². The minimum absolute atomic E-state index is 0.0853. The zero-order chi connectivity index (χ0) is 24.7. The van der Waals surface area contributed by atoms with E-state index in [0.29, 0.717) is 36.6 Å². The highest BCUT2D eigenvalue weighted by Crippen LogP contribution is 2.37. The lowest BCUT2D eigenvalue weighted by molar-refractivity contribution is -0.131. The normalized spacial score (nSPS) is 19.8. The number of ether oxygens (including phenoxy) is 1. The summed E-state index contributed by atoms with van der Waals surface area (Å²) in [6, 6.07) is 6.13. The van der Waals surface area contributed by atoms with Gasteiger partial charge < -0.3 is 19.9 Å². The number of aromatic amines is 1. The van der Waals surface area contributed by atoms with Gasteiger partial charge in [-0.15, -0.1) is 0 Å². The van der Waals surface area contributed by atoms with Crippen LogP contribution in [0.4, 0.5) is 0 Å². The molecule has 8 nitrogen and oxygen atoms in total. The molecule has 3 heterocycles. The van der Waals surface area contributed by atoms with Crippen LogP contribution in [-0.4, -0.2) is 56.9 Å². The zero-order valence-electron chi connectivity index (χ0n) is 20.9. The van der Waals surface area contributed by atoms with Crippen molar-refractivity contribution in [1.82, 2.24) is 25.2 Å². The maximum Gasteiger partial charge on any atom is 0.255 e. The molecule has 2 N–H and O–H groups in total. The number of amides is 2. The molecule has 2 fully saturated rings. The van der Waals surface area contributed by atoms with Gasteiger partial charge in [0.05, 0.1) is 17.7 Å². The summed E-state index contributed by atoms with van der Waals surface area (Å²) in [6.45, 7) is 9.06. The molecule has 0 bridgehead atoms. The average molecular weight is 476 g/mol. The summed E-state index contributed by atoms with van der Waals surface area (Å²) in [5.74, 6) is 1.37. The highest BCUT2D eigenvalue weighted by Gasteiger charge is 2.33. The van der Waals surface area contributed by atoms with Crippen molar-refractivity contribution in [2.45, 2.75) is 65.5 Å². The topological polar surface area (TPSA) is 100 Å². The number of H-pyrrole nitrogens is 1. The van der Waals surface area contributed by atoms with Crippen molar-refractivity contribution in [2.75, 3.05) is 13.2 Å². The molecule has 3 aromatic rings. The first-order valence-corrected chi connectivity index (χ1v) is 12.5. The smallest absolute Gasteiger partial charge is 0.255 e. The number of hydrogen-bond donors (Lipinski definition) is 2. The second-order valence-corrected chi connectivity index (χ2v) is 9.98. The van der Waals surface area contributed by atoms with Gasteiger partial charge in [0.2, 0.25) is 5.91 Å². The largest absolute Gasteiger partial charge is 0.493 e. The molecule has 35 heavy (non-hydrogen) atoms. The maximum atomic E-state index is 13.4. The van der Waals surface area contributed by atoms with E-state index >= 15 is 0 Å². The lowest BCUT2D eigenvalue weighted by atomic mass is 10.1. The highest BCUT2D eigenvalue weighted by molar-refractivity contribution is 6.09. The summed E-state index contributed by atoms with van der Waals surface area (Å²) in [5.41, 5.74) is 5.29. The fraction of sp³-hybridized carbons (Fsp3) is 0.481. The third-order valence-corrected chi connectivity index (χ3v) is 7.09. The SMILES string of the molecule is CCC(=O)N1C[C@@H](NC(=O)c2c(C)[nH]c3c(-c4cc(C)ccc4OCC4CC4)ncnc23)C[C@H]1C. The third kappa shape index (κ3) is 4.61. The Morgan fingerprint density at radius 3 is 2.77 bits per heavy atom. The Kier molecular flexibility index (Phi) is 6.21. The summed E-state index contributed by atoms with van der Waals surface area (Å²) in [6.07, 6.45) is 5.16. The van der Waals surface area contributed by atoms with E-state index in [9.17, 15) is 9.59 Å². The Bertz CT molecular complexity index is 1280. The van der Waals surface area contributed by atoms with Gasteiger partial charge in [-0.25, -0.2) is 9.97 Å². The second kappa shape index (κ2) is 9.32. The molecule has 5 rings (SSSR count). The fourth-order valence-corrected chi connectivity index (χ4v) is 4.99. The Morgan fingerprint density at radius 2 is 2.03 bits per heavy atom. The van der Waals surface area contributed by atoms with Crippen LogP contribution in [0.3, 0.4) is 0 Å². The molecule has 1 aliphatic heterocycles. The molecule has 1 aromatic carbocycles. The number of hydrogen-bond acceptors (Lipinski definition) is 5. The maximum absolute atomic E-state index is 13.4. The van der Waals surface area contributed by atoms with Gasteiger partial charge in [0.15, 0.2) is 0 Å². The number of rotatable bonds is 7. The number of carbonyl (C=O) groups is 2. The van der Waals surface area contributed by atoms with Crippen LogP contribution in [0.2, 0.25) is 0 Å². The molecule has 1 saturated carbocycles. The summed E-state index contributed by atoms with van der Waals surface area (Å²) in [4.78, 5) is 39.9. The zero-order valence-corrected chi connectivity index (χ0v) is 20.9. The van der Waals surface area contributed by atoms with E-state index in [2.05, 4.69) is 26.3 Å². The average Bonchev–Trinajstić information content (AvgIpc) is 3.50. The van der Waals surface area contributed by atoms with E-state index in [-0.39, 0.29) is 23.9 Å². The van der Waals surface area contributed by atoms with E-state index < -0.39 is 0 Å². The predicted octanol–water partition coefficient (Wildman–Crippen LogP) is 4.16. The van der Waals surface area contributed by atoms with E-state index in [1.807, 2.05) is 44.7 Å². The van der Waals surface area contributed by atoms with E-state index in [1.54, 1.807) is 0 Å². The summed E-state index contributed by atoms with van der Waals surface area (Å²) < 4.78 is 6.16. The Morgan fingerprint density at radius 1 is 1.23 bits per heavy atom. The van der Waals surface area contributed by atoms with Crippen molar-refractivity contribution < 1.29 is 14.3 Å². The van der Waals surface area contributed by atoms with Crippen LogP contribution in [0.25, 0.3) is 22.3 Å². The predicted molar refractivity (Wildman–Crippen MR) is 134 cm³/mol. The number of nitrogens with zero attached hydrogens (tertiary/aromatic N) is 3. The number of nitrogens with one attached hydrogen (secondary N) is 2. The molecule has 8 heteroatoms. The van der Waals surface area contributed by atoms with Crippen molar-refractivity contribution in [3.8, 4) is 17.0 Å². The lowest BCUT2D eigenvalue weighted by Gasteiger charge is -2.20. The van der Waals surface area contributed by atoms with Gasteiger partial charge in [-0.3, -0.25) is 9.59 Å². The fourth-order valence-electron chi connectivity index (χ4n) is 4.99. The second-order valence-electron chi connectivity index (χ2n) is 9.98. The highest BCUT2D eigenvalue weighted by atomic mass is 16.5. The first-order valence-electron chi connectivity index (χ1n) is 12.5. The van der Waals surface area contributed by atoms with Crippen LogP contribution in [-0.2, 0) is 4.79 Å². The monoisotopic (exact) mass is 475 g/mol. The van der Waals surface area contributed by atoms with Gasteiger partial charge in [-0.1, -0.05) is 18.6 Å². The molecular formula is C27H33N5O3. The van der Waals surface area contributed by atoms with Crippen molar-refractivity contribution >= 4 is 22.8 Å². The van der Waals surface area contributed by atoms with Crippen LogP contribution < -0.4 is 10.1 Å². The van der Waals surface area contributed by atoms with Crippen LogP contribution >= 0.6 is 0 Å². The van der Waals surface area contributed by atoms with E-state index in [1.165, 1.54) is 19.2 Å². The number of aryl methyl sites for hydroxylation is 2. The van der Waals surface area contributed by atoms with Crippen LogP contribution in [0.15, 0.2) is 24.5 Å². The number of likely N-dealkylation sites (tertiary alicyclic amines) is 1. The number of fused-ring (bicyclic) bond motifs is 1. The summed E-state index contributed by atoms with van der Waals surface area (Å²) in [7, 11) is 0. The molecule has 1 saturated heterocycles. The first-order chi connectivity index (χ1) is 16.9. The minimum Gasteiger partial charge on any atom is -0.493 e. The van der Waals surface area contributed by atoms with Gasteiger partial charge in [0.1, 0.15) is 23.3 Å². The van der Waals surface area contributed by atoms with Crippen molar-refractivity contribution in [3.05, 3.63) is 41.3 Å². The van der Waals surface area contributed by atoms with Gasteiger partial charge in [-0.05, 0) is 58.1 Å². The Hall–Kier alpha value is -3.42. The van der Waals surface area contributed by atoms with E-state index in [0.717, 1.165) is 40.2 Å². The number of aromatic nitrogens is 3. The number of benzene rings is 1. The molecule has 2 amide bonds. The molecule has 184 valence electrons. The van der Waals surface area contributed by atoms with Gasteiger partial charge >= 0.3 is 0 Å². The van der Waals surface area contributed by atoms with Gasteiger partial charge in [0, 0.05) is 36.3 Å². The lowest BCUT2D eigenvalue weighted by Crippen LogP contribution is -2.39. The van der Waals surface area contributed by atoms with Crippen molar-refractivity contribution in [1.29, 1.82) is 0 Å². The van der Waals surface area contributed by atoms with Gasteiger partial charge in [-0.2, -0.15) is 0 Å². The quantitative estimate of drug-likeness (QED) is 0.534. The van der Waals surface area contributed by atoms with Crippen molar-refractivity contribution in [3.63, 3.8) is 0 Å². The van der Waals surface area contributed by atoms with Crippen LogP contribution in [0.1, 0.15) is 61.1 Å². The summed E-state index contributed by atoms with van der Waals surface area (Å²) >= 11 is 0. The number of carbonyl (C=O) groups excluding carboxylic acids is 2. The Balaban J connectivity index is 1.45. The van der Waals surface area contributed by atoms with Gasteiger partial charge in [0.25, 0.3) is 5.91 Å². The minimum atomic E-state index is -0.184. The third-order valence-electron chi connectivity index (χ3n) is 7.09. The molecule has 2 aliphatic rings. The first kappa shape index (κ1) is 23.3. The molecule has 2 atom stereocenters. The molecule has 0 unspecified atom stereocenters. The molecule has 0 spiro atoms. The van der Waals surface area contributed by atoms with Crippen LogP contribution in [0, 0.1) is 19.8 Å². The van der Waals surface area contributed by atoms with E-state index in [4.69, 9.17) is 4.74 Å². The molecule has 2 aromatic heterocycles.